The number of rotatable bonds is 14. The van der Waals surface area contributed by atoms with E-state index in [1.807, 2.05) is 95.6 Å². The molecule has 0 spiro atoms. The van der Waals surface area contributed by atoms with Crippen LogP contribution < -0.4 is 15.5 Å². The van der Waals surface area contributed by atoms with Crippen LogP contribution in [0.3, 0.4) is 0 Å². The molecule has 3 aliphatic heterocycles. The summed E-state index contributed by atoms with van der Waals surface area (Å²) >= 11 is 0. The van der Waals surface area contributed by atoms with Crippen LogP contribution in [0.2, 0.25) is 0 Å². The van der Waals surface area contributed by atoms with Crippen LogP contribution in [-0.4, -0.2) is 110 Å². The van der Waals surface area contributed by atoms with Gasteiger partial charge in [-0.05, 0) is 84.7 Å². The van der Waals surface area contributed by atoms with Gasteiger partial charge in [0.25, 0.3) is 0 Å². The Labute approximate surface area is 394 Å². The topological polar surface area (TPSA) is 177 Å². The second-order valence-corrected chi connectivity index (χ2v) is 18.4. The van der Waals surface area contributed by atoms with Gasteiger partial charge in [0, 0.05) is 111 Å². The number of nitrogens with zero attached hydrogens (tertiary/aromatic N) is 8. The lowest BCUT2D eigenvalue weighted by atomic mass is 9.93. The molecule has 6 heterocycles. The van der Waals surface area contributed by atoms with Gasteiger partial charge < -0.3 is 20.1 Å². The molecule has 346 valence electrons. The molecular formula is C53H55N11O4. The second-order valence-electron chi connectivity index (χ2n) is 18.4. The van der Waals surface area contributed by atoms with Crippen molar-refractivity contribution in [3.8, 4) is 17.2 Å². The van der Waals surface area contributed by atoms with Gasteiger partial charge in [-0.25, -0.2) is 0 Å². The number of nitriles is 1. The van der Waals surface area contributed by atoms with E-state index >= 15 is 0 Å². The van der Waals surface area contributed by atoms with Crippen LogP contribution in [0.5, 0.6) is 0 Å². The number of Topliss-reactive ketones (excluding diaryl/α,β-unsaturated/α-hetero) is 1. The zero-order chi connectivity index (χ0) is 46.7. The minimum atomic E-state index is -0.537. The largest absolute Gasteiger partial charge is 0.369 e. The zero-order valence-corrected chi connectivity index (χ0v) is 38.2. The quantitative estimate of drug-likeness (QED) is 0.0851. The minimum Gasteiger partial charge on any atom is -0.369 e. The highest BCUT2D eigenvalue weighted by molar-refractivity contribution is 6.11. The van der Waals surface area contributed by atoms with Crippen molar-refractivity contribution >= 4 is 51.0 Å². The van der Waals surface area contributed by atoms with Gasteiger partial charge in [-0.2, -0.15) is 15.5 Å². The lowest BCUT2D eigenvalue weighted by Gasteiger charge is -2.39. The number of benzene rings is 4. The Hall–Kier alpha value is -7.41. The molecule has 3 amide bonds. The summed E-state index contributed by atoms with van der Waals surface area (Å²) in [6, 6.07) is 31.3. The van der Waals surface area contributed by atoms with Crippen LogP contribution >= 0.6 is 0 Å². The molecule has 3 aliphatic rings. The summed E-state index contributed by atoms with van der Waals surface area (Å²) in [7, 11) is 1.91. The first kappa shape index (κ1) is 44.4. The number of hydrogen-bond acceptors (Lipinski definition) is 10. The molecule has 0 radical (unpaired) electrons. The van der Waals surface area contributed by atoms with Gasteiger partial charge in [0.2, 0.25) is 17.7 Å². The first-order valence-electron chi connectivity index (χ1n) is 23.7. The standard InChI is InChI=1S/C53H55N11O4/c1-60-47-28-41(12-14-43(47)51(59-60)44-15-16-48(65)58-53(44)68)62-25-23-61(24-26-62)32-37-18-21-63(22-19-37)49(66)34-64-33-40(30-57-64)39-11-13-42-45(31-56-46(42)27-39)52(67)50(38-5-3-2-4-6-38)55-20-17-35-7-9-36(29-54)10-8-35/h2-14,27-28,30-31,33,37,44,50,55-56H,15-26,32,34H2,1H3,(H,58,65,68). The first-order valence-corrected chi connectivity index (χ1v) is 23.7. The molecule has 2 atom stereocenters. The molecule has 0 saturated carbocycles. The molecule has 3 aromatic heterocycles. The van der Waals surface area contributed by atoms with E-state index in [0.717, 1.165) is 114 Å². The maximum Gasteiger partial charge on any atom is 0.244 e. The van der Waals surface area contributed by atoms with Gasteiger partial charge in [0.1, 0.15) is 6.54 Å². The number of carbonyl (C=O) groups excluding carboxylic acids is 4. The summed E-state index contributed by atoms with van der Waals surface area (Å²) in [5, 5.41) is 26.2. The van der Waals surface area contributed by atoms with Gasteiger partial charge in [0.15, 0.2) is 5.78 Å². The smallest absolute Gasteiger partial charge is 0.244 e. The number of carbonyl (C=O) groups is 4. The van der Waals surface area contributed by atoms with Crippen molar-refractivity contribution in [2.45, 2.75) is 50.6 Å². The van der Waals surface area contributed by atoms with Gasteiger partial charge >= 0.3 is 0 Å². The van der Waals surface area contributed by atoms with Crippen molar-refractivity contribution in [3.05, 3.63) is 138 Å². The number of piperidine rings is 2. The number of fused-ring (bicyclic) bond motifs is 2. The third-order valence-corrected chi connectivity index (χ3v) is 14.1. The summed E-state index contributed by atoms with van der Waals surface area (Å²) in [6.07, 6.45) is 8.96. The Bertz CT molecular complexity index is 3020. The number of hydrogen-bond donors (Lipinski definition) is 3. The summed E-state index contributed by atoms with van der Waals surface area (Å²) in [4.78, 5) is 62.3. The number of ketones is 1. The highest BCUT2D eigenvalue weighted by Crippen LogP contribution is 2.33. The number of aromatic amines is 1. The van der Waals surface area contributed by atoms with Crippen LogP contribution in [0.4, 0.5) is 5.69 Å². The summed E-state index contributed by atoms with van der Waals surface area (Å²) in [6.45, 7) is 7.05. The molecule has 0 aliphatic carbocycles. The first-order chi connectivity index (χ1) is 33.2. The number of aromatic nitrogens is 5. The van der Waals surface area contributed by atoms with E-state index in [1.165, 1.54) is 0 Å². The van der Waals surface area contributed by atoms with E-state index in [0.29, 0.717) is 42.9 Å². The molecule has 3 N–H and O–H groups in total. The van der Waals surface area contributed by atoms with Crippen LogP contribution in [0.15, 0.2) is 110 Å². The van der Waals surface area contributed by atoms with Crippen molar-refractivity contribution in [1.29, 1.82) is 5.26 Å². The summed E-state index contributed by atoms with van der Waals surface area (Å²) in [5.41, 5.74) is 8.75. The molecule has 3 fully saturated rings. The van der Waals surface area contributed by atoms with Crippen LogP contribution in [0.1, 0.15) is 70.4 Å². The highest BCUT2D eigenvalue weighted by Gasteiger charge is 2.32. The van der Waals surface area contributed by atoms with Crippen molar-refractivity contribution in [2.75, 3.05) is 57.3 Å². The molecule has 4 aromatic carbocycles. The minimum absolute atomic E-state index is 0.0222. The number of anilines is 1. The molecule has 7 aromatic rings. The van der Waals surface area contributed by atoms with Gasteiger partial charge in [0.05, 0.1) is 41.0 Å². The number of nitrogens with one attached hydrogen (secondary N) is 3. The molecule has 3 saturated heterocycles. The van der Waals surface area contributed by atoms with E-state index in [1.54, 1.807) is 17.1 Å². The SMILES string of the molecule is Cn1nc(C2CCC(=O)NC2=O)c2ccc(N3CCN(CC4CCN(C(=O)Cn5cc(-c6ccc7c(C(=O)C(NCCc8ccc(C#N)cc8)c8ccccc8)c[nH]c7c6)cn5)CC4)CC3)cc21. The van der Waals surface area contributed by atoms with Crippen molar-refractivity contribution < 1.29 is 19.2 Å². The van der Waals surface area contributed by atoms with Crippen molar-refractivity contribution in [2.24, 2.45) is 13.0 Å². The zero-order valence-electron chi connectivity index (χ0n) is 38.2. The van der Waals surface area contributed by atoms with E-state index in [-0.39, 0.29) is 30.0 Å². The second kappa shape index (κ2) is 19.4. The number of aryl methyl sites for hydroxylation is 1. The third-order valence-electron chi connectivity index (χ3n) is 14.1. The normalized spacial score (nSPS) is 17.7. The average molecular weight is 910 g/mol. The van der Waals surface area contributed by atoms with Gasteiger partial charge in [-0.3, -0.25) is 38.8 Å². The predicted octanol–water partition coefficient (Wildman–Crippen LogP) is 6.13. The molecule has 0 bridgehead atoms. The number of piperazine rings is 1. The van der Waals surface area contributed by atoms with Crippen LogP contribution in [0, 0.1) is 17.2 Å². The summed E-state index contributed by atoms with van der Waals surface area (Å²) in [5.74, 6) is -0.320. The molecule has 2 unspecified atom stereocenters. The molecule has 68 heavy (non-hydrogen) atoms. The number of H-pyrrole nitrogens is 1. The number of likely N-dealkylation sites (tertiary alicyclic amines) is 1. The molecular weight excluding hydrogens is 855 g/mol. The van der Waals surface area contributed by atoms with E-state index < -0.39 is 12.0 Å². The summed E-state index contributed by atoms with van der Waals surface area (Å²) < 4.78 is 3.56. The Balaban J connectivity index is 0.698. The Kier molecular flexibility index (Phi) is 12.7. The Morgan fingerprint density at radius 3 is 2.43 bits per heavy atom. The number of imide groups is 1. The molecule has 15 heteroatoms. The van der Waals surface area contributed by atoms with E-state index in [4.69, 9.17) is 10.4 Å². The fourth-order valence-corrected chi connectivity index (χ4v) is 10.2. The fraction of sp³-hybridized carbons (Fsp3) is 0.340. The van der Waals surface area contributed by atoms with Gasteiger partial charge in [-0.15, -0.1) is 0 Å². The Morgan fingerprint density at radius 1 is 0.882 bits per heavy atom. The highest BCUT2D eigenvalue weighted by atomic mass is 16.2. The van der Waals surface area contributed by atoms with E-state index in [9.17, 15) is 19.2 Å². The average Bonchev–Trinajstić information content (AvgIpc) is 4.10. The monoisotopic (exact) mass is 909 g/mol. The lowest BCUT2D eigenvalue weighted by molar-refractivity contribution is -0.135. The third kappa shape index (κ3) is 9.42. The molecule has 10 rings (SSSR count). The predicted molar refractivity (Wildman–Crippen MR) is 260 cm³/mol. The maximum atomic E-state index is 14.2. The maximum absolute atomic E-state index is 14.2. The number of amides is 3. The Morgan fingerprint density at radius 2 is 1.66 bits per heavy atom. The lowest BCUT2D eigenvalue weighted by Crippen LogP contribution is -2.49. The van der Waals surface area contributed by atoms with Crippen molar-refractivity contribution in [3.63, 3.8) is 0 Å². The fourth-order valence-electron chi connectivity index (χ4n) is 10.2. The van der Waals surface area contributed by atoms with Gasteiger partial charge in [-0.1, -0.05) is 54.6 Å². The van der Waals surface area contributed by atoms with Crippen LogP contribution in [0.25, 0.3) is 32.9 Å². The van der Waals surface area contributed by atoms with E-state index in [2.05, 4.69) is 54.8 Å². The molecule has 15 nitrogen and oxygen atoms in total. The van der Waals surface area contributed by atoms with Crippen LogP contribution in [-0.2, 0) is 34.4 Å². The van der Waals surface area contributed by atoms with Crippen molar-refractivity contribution in [1.82, 2.24) is 45.0 Å².